The van der Waals surface area contributed by atoms with Crippen LogP contribution in [0.25, 0.3) is 11.4 Å². The zero-order valence-electron chi connectivity index (χ0n) is 13.0. The predicted molar refractivity (Wildman–Crippen MR) is 82.3 cm³/mol. The van der Waals surface area contributed by atoms with Crippen LogP contribution in [0.5, 0.6) is 0 Å². The van der Waals surface area contributed by atoms with Gasteiger partial charge in [-0.25, -0.2) is 9.97 Å². The molecule has 0 bridgehead atoms. The highest BCUT2D eigenvalue weighted by molar-refractivity contribution is 5.56. The van der Waals surface area contributed by atoms with E-state index in [1.54, 1.807) is 25.4 Å². The fourth-order valence-corrected chi connectivity index (χ4v) is 2.78. The number of halogens is 3. The lowest BCUT2D eigenvalue weighted by atomic mass is 10.2. The van der Waals surface area contributed by atoms with E-state index in [1.807, 2.05) is 0 Å². The Balaban J connectivity index is 1.91. The van der Waals surface area contributed by atoms with Crippen LogP contribution in [-0.2, 0) is 10.9 Å². The van der Waals surface area contributed by atoms with Gasteiger partial charge in [0, 0.05) is 37.2 Å². The SMILES string of the molecule is COC1CCC(Nc2cc(C(F)(F)F)nc(-c3cccnc3)n2)C1. The van der Waals surface area contributed by atoms with Gasteiger partial charge in [-0.15, -0.1) is 0 Å². The van der Waals surface area contributed by atoms with E-state index in [4.69, 9.17) is 4.74 Å². The largest absolute Gasteiger partial charge is 0.433 e. The fourth-order valence-electron chi connectivity index (χ4n) is 2.78. The first kappa shape index (κ1) is 16.6. The fraction of sp³-hybridized carbons (Fsp3) is 0.438. The summed E-state index contributed by atoms with van der Waals surface area (Å²) < 4.78 is 44.7. The summed E-state index contributed by atoms with van der Waals surface area (Å²) >= 11 is 0. The van der Waals surface area contributed by atoms with Crippen LogP contribution < -0.4 is 5.32 Å². The molecule has 2 atom stereocenters. The van der Waals surface area contributed by atoms with E-state index in [-0.39, 0.29) is 23.8 Å². The number of methoxy groups -OCH3 is 1. The predicted octanol–water partition coefficient (Wildman–Crippen LogP) is 3.54. The summed E-state index contributed by atoms with van der Waals surface area (Å²) in [4.78, 5) is 11.8. The summed E-state index contributed by atoms with van der Waals surface area (Å²) in [6.07, 6.45) is 1.01. The van der Waals surface area contributed by atoms with Gasteiger partial charge in [-0.2, -0.15) is 13.2 Å². The smallest absolute Gasteiger partial charge is 0.381 e. The molecule has 2 aromatic heterocycles. The highest BCUT2D eigenvalue weighted by atomic mass is 19.4. The molecule has 0 amide bonds. The van der Waals surface area contributed by atoms with Crippen LogP contribution in [0.2, 0.25) is 0 Å². The molecule has 0 aliphatic heterocycles. The van der Waals surface area contributed by atoms with E-state index in [1.165, 1.54) is 6.20 Å². The Hall–Kier alpha value is -2.22. The van der Waals surface area contributed by atoms with Gasteiger partial charge in [0.05, 0.1) is 6.10 Å². The number of alkyl halides is 3. The topological polar surface area (TPSA) is 59.9 Å². The molecule has 0 radical (unpaired) electrons. The summed E-state index contributed by atoms with van der Waals surface area (Å²) in [6, 6.07) is 4.24. The maximum absolute atomic E-state index is 13.1. The quantitative estimate of drug-likeness (QED) is 0.924. The van der Waals surface area contributed by atoms with Crippen LogP contribution in [0, 0.1) is 0 Å². The number of ether oxygens (including phenoxy) is 1. The van der Waals surface area contributed by atoms with E-state index >= 15 is 0 Å². The Morgan fingerprint density at radius 2 is 2.08 bits per heavy atom. The van der Waals surface area contributed by atoms with Crippen molar-refractivity contribution in [3.05, 3.63) is 36.3 Å². The number of nitrogens with zero attached hydrogens (tertiary/aromatic N) is 3. The molecule has 0 saturated heterocycles. The normalized spacial score (nSPS) is 21.0. The van der Waals surface area contributed by atoms with Crippen molar-refractivity contribution >= 4 is 5.82 Å². The Kier molecular flexibility index (Phi) is 4.66. The van der Waals surface area contributed by atoms with E-state index in [9.17, 15) is 13.2 Å². The molecule has 1 N–H and O–H groups in total. The molecule has 1 fully saturated rings. The van der Waals surface area contributed by atoms with Gasteiger partial charge in [-0.05, 0) is 31.4 Å². The van der Waals surface area contributed by atoms with Gasteiger partial charge in [-0.1, -0.05) is 0 Å². The van der Waals surface area contributed by atoms with Crippen LogP contribution >= 0.6 is 0 Å². The third-order valence-electron chi connectivity index (χ3n) is 4.01. The molecule has 8 heteroatoms. The van der Waals surface area contributed by atoms with Gasteiger partial charge < -0.3 is 10.1 Å². The number of aromatic nitrogens is 3. The number of pyridine rings is 1. The van der Waals surface area contributed by atoms with Gasteiger partial charge in [0.25, 0.3) is 0 Å². The Morgan fingerprint density at radius 1 is 1.25 bits per heavy atom. The summed E-state index contributed by atoms with van der Waals surface area (Å²) in [5.41, 5.74) is -0.534. The molecule has 1 saturated carbocycles. The molecular weight excluding hydrogens is 321 g/mol. The van der Waals surface area contributed by atoms with Crippen molar-refractivity contribution in [3.8, 4) is 11.4 Å². The first-order chi connectivity index (χ1) is 11.5. The summed E-state index contributed by atoms with van der Waals surface area (Å²) in [5, 5.41) is 3.08. The average Bonchev–Trinajstić information content (AvgIpc) is 3.02. The zero-order chi connectivity index (χ0) is 17.2. The highest BCUT2D eigenvalue weighted by Gasteiger charge is 2.34. The molecule has 0 spiro atoms. The van der Waals surface area contributed by atoms with Crippen molar-refractivity contribution in [3.63, 3.8) is 0 Å². The average molecular weight is 338 g/mol. The van der Waals surface area contributed by atoms with Crippen LogP contribution in [0.4, 0.5) is 19.0 Å². The van der Waals surface area contributed by atoms with Crippen molar-refractivity contribution < 1.29 is 17.9 Å². The number of rotatable bonds is 4. The lowest BCUT2D eigenvalue weighted by Crippen LogP contribution is -2.19. The summed E-state index contributed by atoms with van der Waals surface area (Å²) in [7, 11) is 1.64. The molecule has 24 heavy (non-hydrogen) atoms. The van der Waals surface area contributed by atoms with Crippen LogP contribution in [0.15, 0.2) is 30.6 Å². The maximum atomic E-state index is 13.1. The van der Waals surface area contributed by atoms with Crippen molar-refractivity contribution in [2.24, 2.45) is 0 Å². The van der Waals surface area contributed by atoms with E-state index in [0.717, 1.165) is 25.3 Å². The summed E-state index contributed by atoms with van der Waals surface area (Å²) in [5.74, 6) is 0.166. The van der Waals surface area contributed by atoms with Gasteiger partial charge in [0.15, 0.2) is 11.5 Å². The van der Waals surface area contributed by atoms with Gasteiger partial charge in [0.2, 0.25) is 0 Å². The zero-order valence-corrected chi connectivity index (χ0v) is 13.0. The lowest BCUT2D eigenvalue weighted by Gasteiger charge is -2.16. The number of nitrogens with one attached hydrogen (secondary N) is 1. The standard InChI is InChI=1S/C16H17F3N4O/c1-24-12-5-4-11(7-12)21-14-8-13(16(17,18)19)22-15(23-14)10-3-2-6-20-9-10/h2-3,6,8-9,11-12H,4-5,7H2,1H3,(H,21,22,23). The molecule has 1 aliphatic carbocycles. The molecule has 2 heterocycles. The second-order valence-electron chi connectivity index (χ2n) is 5.71. The number of anilines is 1. The van der Waals surface area contributed by atoms with Crippen LogP contribution in [-0.4, -0.2) is 34.2 Å². The molecule has 5 nitrogen and oxygen atoms in total. The van der Waals surface area contributed by atoms with Gasteiger partial charge >= 0.3 is 6.18 Å². The van der Waals surface area contributed by atoms with E-state index in [0.29, 0.717) is 5.56 Å². The minimum absolute atomic E-state index is 0.00159. The van der Waals surface area contributed by atoms with E-state index < -0.39 is 11.9 Å². The molecule has 1 aliphatic rings. The Morgan fingerprint density at radius 3 is 2.71 bits per heavy atom. The van der Waals surface area contributed by atoms with Crippen LogP contribution in [0.3, 0.4) is 0 Å². The third-order valence-corrected chi connectivity index (χ3v) is 4.01. The maximum Gasteiger partial charge on any atom is 0.433 e. The van der Waals surface area contributed by atoms with Crippen molar-refractivity contribution in [1.29, 1.82) is 0 Å². The molecular formula is C16H17F3N4O. The number of hydrogen-bond acceptors (Lipinski definition) is 5. The number of hydrogen-bond donors (Lipinski definition) is 1. The molecule has 0 aromatic carbocycles. The first-order valence-corrected chi connectivity index (χ1v) is 7.61. The van der Waals surface area contributed by atoms with Crippen LogP contribution in [0.1, 0.15) is 25.0 Å². The monoisotopic (exact) mass is 338 g/mol. The third kappa shape index (κ3) is 3.81. The summed E-state index contributed by atoms with van der Waals surface area (Å²) in [6.45, 7) is 0. The minimum atomic E-state index is -4.54. The highest BCUT2D eigenvalue weighted by Crippen LogP contribution is 2.32. The van der Waals surface area contributed by atoms with Gasteiger partial charge in [0.1, 0.15) is 5.82 Å². The minimum Gasteiger partial charge on any atom is -0.381 e. The molecule has 3 rings (SSSR count). The van der Waals surface area contributed by atoms with Crippen molar-refractivity contribution in [2.45, 2.75) is 37.6 Å². The second-order valence-corrected chi connectivity index (χ2v) is 5.71. The van der Waals surface area contributed by atoms with Crippen molar-refractivity contribution in [2.75, 3.05) is 12.4 Å². The Labute approximate surface area is 137 Å². The van der Waals surface area contributed by atoms with E-state index in [2.05, 4.69) is 20.3 Å². The molecule has 2 aromatic rings. The first-order valence-electron chi connectivity index (χ1n) is 7.61. The van der Waals surface area contributed by atoms with Gasteiger partial charge in [-0.3, -0.25) is 4.98 Å². The molecule has 2 unspecified atom stereocenters. The molecule has 128 valence electrons. The Bertz CT molecular complexity index is 693. The second kappa shape index (κ2) is 6.72. The lowest BCUT2D eigenvalue weighted by molar-refractivity contribution is -0.141. The van der Waals surface area contributed by atoms with Crippen molar-refractivity contribution in [1.82, 2.24) is 15.0 Å².